The van der Waals surface area contributed by atoms with Gasteiger partial charge in [-0.05, 0) is 24.3 Å². The number of benzene rings is 1. The highest BCUT2D eigenvalue weighted by Crippen LogP contribution is 2.15. The standard InChI is InChI=1S/C10H12O2S.CHF3/c1-3-11-8(2)12-9-4-6-10(13)7-5-9;2-1(3)4/h3-8,13H,1H2,2H3;1H. The van der Waals surface area contributed by atoms with Crippen LogP contribution in [0.2, 0.25) is 0 Å². The molecule has 1 rings (SSSR count). The number of hydrogen-bond donors (Lipinski definition) is 1. The number of ether oxygens (including phenoxy) is 2. The lowest BCUT2D eigenvalue weighted by molar-refractivity contribution is -0.0132. The second-order valence-corrected chi connectivity index (χ2v) is 3.25. The third kappa shape index (κ3) is 9.62. The Morgan fingerprint density at radius 3 is 2.12 bits per heavy atom. The fourth-order valence-corrected chi connectivity index (χ4v) is 1.03. The molecule has 0 saturated carbocycles. The summed E-state index contributed by atoms with van der Waals surface area (Å²) in [6.07, 6.45) is 1.04. The molecule has 96 valence electrons. The van der Waals surface area contributed by atoms with Gasteiger partial charge in [-0.2, -0.15) is 13.2 Å². The van der Waals surface area contributed by atoms with Crippen LogP contribution in [0.3, 0.4) is 0 Å². The minimum Gasteiger partial charge on any atom is -0.463 e. The van der Waals surface area contributed by atoms with Gasteiger partial charge in [-0.3, -0.25) is 0 Å². The minimum absolute atomic E-state index is 0.316. The topological polar surface area (TPSA) is 18.5 Å². The van der Waals surface area contributed by atoms with E-state index in [1.807, 2.05) is 24.3 Å². The molecule has 0 aromatic heterocycles. The van der Waals surface area contributed by atoms with Crippen LogP contribution in [0.5, 0.6) is 5.75 Å². The van der Waals surface area contributed by atoms with Crippen molar-refractivity contribution in [2.45, 2.75) is 24.8 Å². The van der Waals surface area contributed by atoms with Crippen LogP contribution in [0.4, 0.5) is 13.2 Å². The van der Waals surface area contributed by atoms with Crippen molar-refractivity contribution in [1.29, 1.82) is 0 Å². The second kappa shape index (κ2) is 8.81. The van der Waals surface area contributed by atoms with Crippen LogP contribution >= 0.6 is 12.6 Å². The third-order valence-corrected chi connectivity index (χ3v) is 1.72. The Morgan fingerprint density at radius 1 is 1.24 bits per heavy atom. The Hall–Kier alpha value is -1.30. The molecule has 0 bridgehead atoms. The summed E-state index contributed by atoms with van der Waals surface area (Å²) in [5, 5.41) is 0. The summed E-state index contributed by atoms with van der Waals surface area (Å²) in [4.78, 5) is 0.907. The molecule has 0 aliphatic rings. The van der Waals surface area contributed by atoms with E-state index in [4.69, 9.17) is 9.47 Å². The van der Waals surface area contributed by atoms with Crippen LogP contribution in [0, 0.1) is 0 Å². The molecule has 1 aromatic rings. The van der Waals surface area contributed by atoms with Gasteiger partial charge in [-0.25, -0.2) is 0 Å². The normalized spacial score (nSPS) is 11.2. The van der Waals surface area contributed by atoms with Crippen LogP contribution in [-0.2, 0) is 4.74 Å². The highest BCUT2D eigenvalue weighted by atomic mass is 32.1. The van der Waals surface area contributed by atoms with Gasteiger partial charge in [0.25, 0.3) is 0 Å². The van der Waals surface area contributed by atoms with E-state index in [-0.39, 0.29) is 6.29 Å². The molecule has 0 amide bonds. The zero-order valence-electron chi connectivity index (χ0n) is 9.15. The van der Waals surface area contributed by atoms with Gasteiger partial charge in [0, 0.05) is 11.8 Å². The lowest BCUT2D eigenvalue weighted by Gasteiger charge is -2.13. The van der Waals surface area contributed by atoms with Gasteiger partial charge >= 0.3 is 6.68 Å². The molecule has 0 aliphatic heterocycles. The lowest BCUT2D eigenvalue weighted by Crippen LogP contribution is -2.12. The molecule has 1 unspecified atom stereocenters. The van der Waals surface area contributed by atoms with Gasteiger partial charge < -0.3 is 9.47 Å². The van der Waals surface area contributed by atoms with Crippen molar-refractivity contribution < 1.29 is 22.6 Å². The van der Waals surface area contributed by atoms with Crippen molar-refractivity contribution in [3.8, 4) is 5.75 Å². The molecule has 0 radical (unpaired) electrons. The van der Waals surface area contributed by atoms with Crippen LogP contribution in [0.25, 0.3) is 0 Å². The maximum Gasteiger partial charge on any atom is 0.379 e. The van der Waals surface area contributed by atoms with Gasteiger partial charge in [-0.15, -0.1) is 12.6 Å². The van der Waals surface area contributed by atoms with E-state index in [1.54, 1.807) is 6.92 Å². The molecule has 1 aromatic carbocycles. The molecule has 0 fully saturated rings. The molecule has 2 nitrogen and oxygen atoms in total. The van der Waals surface area contributed by atoms with Crippen molar-refractivity contribution >= 4 is 12.6 Å². The SMILES string of the molecule is C=COC(C)Oc1ccc(S)cc1.FC(F)F. The summed E-state index contributed by atoms with van der Waals surface area (Å²) >= 11 is 4.16. The van der Waals surface area contributed by atoms with Crippen molar-refractivity contribution in [3.63, 3.8) is 0 Å². The average molecular weight is 266 g/mol. The first-order chi connectivity index (χ1) is 7.95. The molecule has 0 saturated heterocycles. The zero-order valence-corrected chi connectivity index (χ0v) is 10.0. The highest BCUT2D eigenvalue weighted by Gasteiger charge is 2.00. The number of halogens is 3. The molecular formula is C11H13F3O2S. The van der Waals surface area contributed by atoms with E-state index in [9.17, 15) is 13.2 Å². The van der Waals surface area contributed by atoms with Crippen molar-refractivity contribution in [2.24, 2.45) is 0 Å². The van der Waals surface area contributed by atoms with Gasteiger partial charge in [0.1, 0.15) is 5.75 Å². The summed E-state index contributed by atoms with van der Waals surface area (Å²) < 4.78 is 39.4. The Labute approximate surface area is 103 Å². The second-order valence-electron chi connectivity index (χ2n) is 2.73. The maximum absolute atomic E-state index is 9.67. The maximum atomic E-state index is 9.67. The predicted molar refractivity (Wildman–Crippen MR) is 62.2 cm³/mol. The van der Waals surface area contributed by atoms with E-state index < -0.39 is 6.68 Å². The van der Waals surface area contributed by atoms with Gasteiger partial charge in [0.05, 0.1) is 6.26 Å². The lowest BCUT2D eigenvalue weighted by atomic mass is 10.3. The summed E-state index contributed by atoms with van der Waals surface area (Å²) in [6, 6.07) is 7.40. The Bertz CT molecular complexity index is 314. The molecule has 1 atom stereocenters. The van der Waals surface area contributed by atoms with Crippen LogP contribution in [0.15, 0.2) is 42.0 Å². The van der Waals surface area contributed by atoms with Crippen molar-refractivity contribution in [3.05, 3.63) is 37.1 Å². The van der Waals surface area contributed by atoms with E-state index >= 15 is 0 Å². The fourth-order valence-electron chi connectivity index (χ4n) is 0.880. The third-order valence-electron chi connectivity index (χ3n) is 1.43. The molecular weight excluding hydrogens is 253 g/mol. The minimum atomic E-state index is -3.67. The first-order valence-corrected chi connectivity index (χ1v) is 5.04. The molecule has 17 heavy (non-hydrogen) atoms. The number of rotatable bonds is 4. The monoisotopic (exact) mass is 266 g/mol. The van der Waals surface area contributed by atoms with Crippen LogP contribution in [-0.4, -0.2) is 13.0 Å². The summed E-state index contributed by atoms with van der Waals surface area (Å²) in [7, 11) is 0. The van der Waals surface area contributed by atoms with Crippen molar-refractivity contribution in [2.75, 3.05) is 0 Å². The molecule has 0 spiro atoms. The van der Waals surface area contributed by atoms with Gasteiger partial charge in [0.15, 0.2) is 0 Å². The molecule has 0 aliphatic carbocycles. The van der Waals surface area contributed by atoms with Crippen LogP contribution in [0.1, 0.15) is 6.92 Å². The number of thiol groups is 1. The average Bonchev–Trinajstić information content (AvgIpc) is 2.21. The predicted octanol–water partition coefficient (Wildman–Crippen LogP) is 4.04. The van der Waals surface area contributed by atoms with E-state index in [1.165, 1.54) is 6.26 Å². The molecule has 0 N–H and O–H groups in total. The molecule has 6 heteroatoms. The largest absolute Gasteiger partial charge is 0.463 e. The smallest absolute Gasteiger partial charge is 0.379 e. The quantitative estimate of drug-likeness (QED) is 0.503. The van der Waals surface area contributed by atoms with E-state index in [2.05, 4.69) is 19.2 Å². The number of hydrogen-bond acceptors (Lipinski definition) is 3. The summed E-state index contributed by atoms with van der Waals surface area (Å²) in [5.74, 6) is 0.757. The van der Waals surface area contributed by atoms with Gasteiger partial charge in [0.2, 0.25) is 6.29 Å². The van der Waals surface area contributed by atoms with Crippen molar-refractivity contribution in [1.82, 2.24) is 0 Å². The summed E-state index contributed by atoms with van der Waals surface area (Å²) in [6.45, 7) is 1.58. The van der Waals surface area contributed by atoms with E-state index in [0.29, 0.717) is 0 Å². The first kappa shape index (κ1) is 15.7. The van der Waals surface area contributed by atoms with E-state index in [0.717, 1.165) is 10.6 Å². The Kier molecular flexibility index (Phi) is 8.13. The zero-order chi connectivity index (χ0) is 13.3. The Balaban J connectivity index is 0.000000557. The first-order valence-electron chi connectivity index (χ1n) is 4.60. The van der Waals surface area contributed by atoms with Gasteiger partial charge in [-0.1, -0.05) is 6.58 Å². The fraction of sp³-hybridized carbons (Fsp3) is 0.273. The Morgan fingerprint density at radius 2 is 1.71 bits per heavy atom. The summed E-state index contributed by atoms with van der Waals surface area (Å²) in [5.41, 5.74) is 0. The number of alkyl halides is 3. The highest BCUT2D eigenvalue weighted by molar-refractivity contribution is 7.80. The molecule has 0 heterocycles. The van der Waals surface area contributed by atoms with Crippen LogP contribution < -0.4 is 4.74 Å².